The fraction of sp³-hybridized carbons (Fsp3) is 0.571. The van der Waals surface area contributed by atoms with E-state index in [4.69, 9.17) is 11.6 Å². The summed E-state index contributed by atoms with van der Waals surface area (Å²) in [7, 11) is 0. The van der Waals surface area contributed by atoms with Crippen molar-refractivity contribution in [2.45, 2.75) is 58.5 Å². The topological polar surface area (TPSA) is 78.5 Å². The summed E-state index contributed by atoms with van der Waals surface area (Å²) in [4.78, 5) is 39.2. The minimum atomic E-state index is -0.892. The van der Waals surface area contributed by atoms with Crippen molar-refractivity contribution in [3.05, 3.63) is 34.9 Å². The van der Waals surface area contributed by atoms with Crippen LogP contribution in [0.1, 0.15) is 58.6 Å². The molecule has 2 aliphatic rings. The highest BCUT2D eigenvalue weighted by atomic mass is 35.5. The Kier molecular flexibility index (Phi) is 5.45. The number of imide groups is 1. The zero-order valence-electron chi connectivity index (χ0n) is 16.8. The number of hydrogen-bond donors (Lipinski definition) is 2. The average Bonchev–Trinajstić information content (AvgIpc) is 2.76. The van der Waals surface area contributed by atoms with E-state index in [9.17, 15) is 14.4 Å². The van der Waals surface area contributed by atoms with E-state index in [2.05, 4.69) is 31.4 Å². The molecule has 0 unspecified atom stereocenters. The maximum atomic E-state index is 13.1. The Bertz CT molecular complexity index is 810. The Labute approximate surface area is 171 Å². The molecule has 1 aliphatic carbocycles. The number of rotatable bonds is 4. The van der Waals surface area contributed by atoms with Crippen molar-refractivity contribution >= 4 is 29.4 Å². The van der Waals surface area contributed by atoms with Crippen LogP contribution < -0.4 is 10.6 Å². The summed E-state index contributed by atoms with van der Waals surface area (Å²) in [5.41, 5.74) is -0.0748. The Morgan fingerprint density at radius 1 is 1.36 bits per heavy atom. The molecule has 2 fully saturated rings. The van der Waals surface area contributed by atoms with Gasteiger partial charge in [-0.15, -0.1) is 0 Å². The lowest BCUT2D eigenvalue weighted by molar-refractivity contribution is -0.137. The van der Waals surface area contributed by atoms with Crippen molar-refractivity contribution in [3.63, 3.8) is 0 Å². The zero-order chi connectivity index (χ0) is 20.7. The molecule has 3 rings (SSSR count). The molecule has 1 saturated heterocycles. The number of nitrogens with zero attached hydrogens (tertiary/aromatic N) is 1. The van der Waals surface area contributed by atoms with E-state index in [1.54, 1.807) is 12.1 Å². The predicted octanol–water partition coefficient (Wildman–Crippen LogP) is 3.65. The highest BCUT2D eigenvalue weighted by molar-refractivity contribution is 6.30. The van der Waals surface area contributed by atoms with Gasteiger partial charge in [0.05, 0.1) is 6.04 Å². The summed E-state index contributed by atoms with van der Waals surface area (Å²) in [6.45, 7) is 7.89. The van der Waals surface area contributed by atoms with Gasteiger partial charge in [0.1, 0.15) is 12.1 Å². The summed E-state index contributed by atoms with van der Waals surface area (Å²) < 4.78 is 0. The molecule has 152 valence electrons. The van der Waals surface area contributed by atoms with Crippen LogP contribution in [0.25, 0.3) is 0 Å². The van der Waals surface area contributed by atoms with Gasteiger partial charge in [0.2, 0.25) is 5.91 Å². The molecule has 0 aromatic heterocycles. The minimum Gasteiger partial charge on any atom is -0.348 e. The highest BCUT2D eigenvalue weighted by Gasteiger charge is 2.56. The van der Waals surface area contributed by atoms with Crippen molar-refractivity contribution in [1.29, 1.82) is 0 Å². The first-order chi connectivity index (χ1) is 13.0. The molecule has 28 heavy (non-hydrogen) atoms. The average molecular weight is 406 g/mol. The third-order valence-electron chi connectivity index (χ3n) is 5.65. The molecule has 1 heterocycles. The van der Waals surface area contributed by atoms with Crippen molar-refractivity contribution in [1.82, 2.24) is 15.5 Å². The fourth-order valence-corrected chi connectivity index (χ4v) is 5.14. The summed E-state index contributed by atoms with van der Waals surface area (Å²) in [5, 5.41) is 6.32. The maximum absolute atomic E-state index is 13.1. The molecule has 1 aromatic carbocycles. The van der Waals surface area contributed by atoms with E-state index in [-0.39, 0.29) is 29.8 Å². The van der Waals surface area contributed by atoms with Crippen LogP contribution in [0.3, 0.4) is 0 Å². The molecule has 7 heteroatoms. The molecule has 1 spiro atoms. The number of hydrogen-bond acceptors (Lipinski definition) is 3. The van der Waals surface area contributed by atoms with E-state index in [1.165, 1.54) is 0 Å². The number of amides is 4. The molecule has 1 aliphatic heterocycles. The van der Waals surface area contributed by atoms with Crippen LogP contribution in [0.2, 0.25) is 5.02 Å². The van der Waals surface area contributed by atoms with Gasteiger partial charge < -0.3 is 10.6 Å². The van der Waals surface area contributed by atoms with E-state index in [0.717, 1.165) is 16.9 Å². The van der Waals surface area contributed by atoms with Crippen LogP contribution in [0, 0.1) is 11.3 Å². The number of halogens is 1. The van der Waals surface area contributed by atoms with Gasteiger partial charge in [-0.2, -0.15) is 0 Å². The fourth-order valence-electron chi connectivity index (χ4n) is 4.94. The minimum absolute atomic E-state index is 0.0417. The van der Waals surface area contributed by atoms with Crippen LogP contribution >= 0.6 is 11.6 Å². The second-order valence-electron chi connectivity index (χ2n) is 9.10. The van der Waals surface area contributed by atoms with Gasteiger partial charge in [0.25, 0.3) is 5.91 Å². The van der Waals surface area contributed by atoms with Gasteiger partial charge in [0.15, 0.2) is 0 Å². The molecule has 1 saturated carbocycles. The van der Waals surface area contributed by atoms with Crippen molar-refractivity contribution < 1.29 is 14.4 Å². The van der Waals surface area contributed by atoms with Crippen LogP contribution in [0.5, 0.6) is 0 Å². The normalized spacial score (nSPS) is 27.6. The number of benzene rings is 1. The number of carbonyl (C=O) groups is 3. The second kappa shape index (κ2) is 7.39. The summed E-state index contributed by atoms with van der Waals surface area (Å²) in [5.74, 6) is -0.344. The van der Waals surface area contributed by atoms with Crippen LogP contribution in [0.15, 0.2) is 24.3 Å². The Hall–Kier alpha value is -2.08. The molecule has 4 amide bonds. The van der Waals surface area contributed by atoms with Crippen LogP contribution in [-0.4, -0.2) is 34.8 Å². The summed E-state index contributed by atoms with van der Waals surface area (Å²) >= 11 is 6.00. The summed E-state index contributed by atoms with van der Waals surface area (Å²) in [6.07, 6.45) is 2.21. The molecule has 0 radical (unpaired) electrons. The van der Waals surface area contributed by atoms with Gasteiger partial charge in [0, 0.05) is 5.02 Å². The molecular formula is C21H28ClN3O3. The quantitative estimate of drug-likeness (QED) is 0.750. The third kappa shape index (κ3) is 4.17. The molecule has 0 bridgehead atoms. The number of carbonyl (C=O) groups excluding carboxylic acids is 3. The lowest BCUT2D eigenvalue weighted by Gasteiger charge is -2.43. The monoisotopic (exact) mass is 405 g/mol. The van der Waals surface area contributed by atoms with Gasteiger partial charge >= 0.3 is 6.03 Å². The number of nitrogens with one attached hydrogen (secondary N) is 2. The SMILES string of the molecule is C[C@H]1CC(C)(C)C[C@@]2(C1)NC(=O)N(CC(=O)N[C@@H](C)c1cccc(Cl)c1)C2=O. The third-order valence-corrected chi connectivity index (χ3v) is 5.89. The van der Waals surface area contributed by atoms with Crippen LogP contribution in [0.4, 0.5) is 4.79 Å². The van der Waals surface area contributed by atoms with Gasteiger partial charge in [-0.3, -0.25) is 14.5 Å². The van der Waals surface area contributed by atoms with Gasteiger partial charge in [-0.1, -0.05) is 44.5 Å². The van der Waals surface area contributed by atoms with E-state index >= 15 is 0 Å². The molecule has 6 nitrogen and oxygen atoms in total. The lowest BCUT2D eigenvalue weighted by atomic mass is 9.64. The van der Waals surface area contributed by atoms with Crippen molar-refractivity contribution in [2.75, 3.05) is 6.54 Å². The molecule has 1 aromatic rings. The Morgan fingerprint density at radius 2 is 2.07 bits per heavy atom. The first kappa shape index (κ1) is 20.6. The maximum Gasteiger partial charge on any atom is 0.325 e. The predicted molar refractivity (Wildman–Crippen MR) is 108 cm³/mol. The largest absolute Gasteiger partial charge is 0.348 e. The highest BCUT2D eigenvalue weighted by Crippen LogP contribution is 2.46. The van der Waals surface area contributed by atoms with Crippen LogP contribution in [-0.2, 0) is 9.59 Å². The van der Waals surface area contributed by atoms with Gasteiger partial charge in [-0.05, 0) is 55.2 Å². The molecule has 3 atom stereocenters. The standard InChI is InChI=1S/C21H28ClN3O3/c1-13-9-20(3,4)12-21(10-13)18(27)25(19(28)24-21)11-17(26)23-14(2)15-6-5-7-16(22)8-15/h5-8,13-14H,9-12H2,1-4H3,(H,23,26)(H,24,28)/t13-,14-,21+/m0/s1. The molecule has 2 N–H and O–H groups in total. The van der Waals surface area contributed by atoms with Gasteiger partial charge in [-0.25, -0.2) is 4.79 Å². The summed E-state index contributed by atoms with van der Waals surface area (Å²) in [6, 6.07) is 6.45. The van der Waals surface area contributed by atoms with Crippen molar-refractivity contribution in [3.8, 4) is 0 Å². The first-order valence-electron chi connectivity index (χ1n) is 9.70. The number of urea groups is 1. The van der Waals surface area contributed by atoms with E-state index in [0.29, 0.717) is 23.8 Å². The Balaban J connectivity index is 1.68. The Morgan fingerprint density at radius 3 is 2.71 bits per heavy atom. The lowest BCUT2D eigenvalue weighted by Crippen LogP contribution is -2.54. The smallest absolute Gasteiger partial charge is 0.325 e. The second-order valence-corrected chi connectivity index (χ2v) is 9.54. The molecular weight excluding hydrogens is 378 g/mol. The van der Waals surface area contributed by atoms with Crippen molar-refractivity contribution in [2.24, 2.45) is 11.3 Å². The zero-order valence-corrected chi connectivity index (χ0v) is 17.6. The van der Waals surface area contributed by atoms with E-state index < -0.39 is 11.6 Å². The van der Waals surface area contributed by atoms with E-state index in [1.807, 2.05) is 19.1 Å². The first-order valence-corrected chi connectivity index (χ1v) is 10.1.